The van der Waals surface area contributed by atoms with Gasteiger partial charge in [0.2, 0.25) is 0 Å². The zero-order chi connectivity index (χ0) is 11.4. The highest BCUT2D eigenvalue weighted by atomic mass is 127. The molecule has 2 heterocycles. The largest absolute Gasteiger partial charge is 0.396 e. The van der Waals surface area contributed by atoms with Gasteiger partial charge in [0.1, 0.15) is 3.70 Å². The van der Waals surface area contributed by atoms with Crippen LogP contribution in [0.1, 0.15) is 18.4 Å². The number of rotatable bonds is 3. The third kappa shape index (κ3) is 3.40. The average Bonchev–Trinajstić information content (AvgIpc) is 2.33. The summed E-state index contributed by atoms with van der Waals surface area (Å²) in [4.78, 5) is 6.74. The zero-order valence-electron chi connectivity index (χ0n) is 9.27. The minimum atomic E-state index is 0.346. The minimum Gasteiger partial charge on any atom is -0.396 e. The van der Waals surface area contributed by atoms with E-state index in [0.29, 0.717) is 12.5 Å². The molecular formula is C12H17IN2O. The van der Waals surface area contributed by atoms with Gasteiger partial charge in [0, 0.05) is 19.3 Å². The van der Waals surface area contributed by atoms with Gasteiger partial charge < -0.3 is 5.11 Å². The molecule has 1 saturated heterocycles. The van der Waals surface area contributed by atoms with Crippen LogP contribution in [0, 0.1) is 9.62 Å². The Bertz CT molecular complexity index is 320. The smallest absolute Gasteiger partial charge is 0.101 e. The van der Waals surface area contributed by atoms with E-state index in [-0.39, 0.29) is 0 Å². The normalized spacial score (nSPS) is 18.9. The number of halogens is 1. The number of nitrogens with zero attached hydrogens (tertiary/aromatic N) is 2. The van der Waals surface area contributed by atoms with E-state index in [1.165, 1.54) is 5.56 Å². The molecule has 0 unspecified atom stereocenters. The van der Waals surface area contributed by atoms with Crippen LogP contribution in [-0.2, 0) is 6.54 Å². The molecule has 0 radical (unpaired) electrons. The summed E-state index contributed by atoms with van der Waals surface area (Å²) in [6.45, 7) is 3.52. The molecule has 1 fully saturated rings. The van der Waals surface area contributed by atoms with Gasteiger partial charge in [-0.1, -0.05) is 6.07 Å². The predicted octanol–water partition coefficient (Wildman–Crippen LogP) is 1.89. The van der Waals surface area contributed by atoms with Gasteiger partial charge in [-0.25, -0.2) is 0 Å². The van der Waals surface area contributed by atoms with Crippen LogP contribution in [0.5, 0.6) is 0 Å². The molecule has 3 nitrogen and oxygen atoms in total. The van der Waals surface area contributed by atoms with Gasteiger partial charge in [-0.15, -0.1) is 0 Å². The first kappa shape index (κ1) is 12.3. The Labute approximate surface area is 110 Å². The molecule has 0 atom stereocenters. The van der Waals surface area contributed by atoms with Crippen molar-refractivity contribution in [2.45, 2.75) is 19.4 Å². The fourth-order valence-electron chi connectivity index (χ4n) is 2.09. The van der Waals surface area contributed by atoms with Crippen molar-refractivity contribution in [2.24, 2.45) is 5.92 Å². The van der Waals surface area contributed by atoms with Gasteiger partial charge in [-0.3, -0.25) is 9.88 Å². The lowest BCUT2D eigenvalue weighted by molar-refractivity contribution is 0.127. The van der Waals surface area contributed by atoms with E-state index in [4.69, 9.17) is 5.11 Å². The summed E-state index contributed by atoms with van der Waals surface area (Å²) in [5, 5.41) is 9.07. The van der Waals surface area contributed by atoms with E-state index >= 15 is 0 Å². The number of pyridine rings is 1. The maximum absolute atomic E-state index is 9.07. The monoisotopic (exact) mass is 332 g/mol. The van der Waals surface area contributed by atoms with Crippen LogP contribution in [0.2, 0.25) is 0 Å². The quantitative estimate of drug-likeness (QED) is 0.678. The summed E-state index contributed by atoms with van der Waals surface area (Å²) < 4.78 is 1.04. The lowest BCUT2D eigenvalue weighted by Gasteiger charge is -2.30. The predicted molar refractivity (Wildman–Crippen MR) is 72.0 cm³/mol. The van der Waals surface area contributed by atoms with Gasteiger partial charge in [0.25, 0.3) is 0 Å². The third-order valence-electron chi connectivity index (χ3n) is 3.16. The van der Waals surface area contributed by atoms with Crippen molar-refractivity contribution in [1.29, 1.82) is 0 Å². The van der Waals surface area contributed by atoms with E-state index in [1.807, 2.05) is 6.20 Å². The molecule has 0 amide bonds. The summed E-state index contributed by atoms with van der Waals surface area (Å²) >= 11 is 2.22. The molecule has 1 aliphatic heterocycles. The van der Waals surface area contributed by atoms with Gasteiger partial charge in [-0.05, 0) is 66.1 Å². The topological polar surface area (TPSA) is 36.4 Å². The summed E-state index contributed by atoms with van der Waals surface area (Å²) in [5.41, 5.74) is 1.28. The van der Waals surface area contributed by atoms with Crippen molar-refractivity contribution in [3.05, 3.63) is 27.6 Å². The first-order valence-corrected chi connectivity index (χ1v) is 6.79. The van der Waals surface area contributed by atoms with Crippen molar-refractivity contribution in [2.75, 3.05) is 19.7 Å². The molecule has 0 aromatic carbocycles. The maximum atomic E-state index is 9.07. The van der Waals surface area contributed by atoms with Crippen molar-refractivity contribution < 1.29 is 5.11 Å². The molecule has 88 valence electrons. The number of piperidine rings is 1. The molecular weight excluding hydrogens is 315 g/mol. The van der Waals surface area contributed by atoms with Crippen molar-refractivity contribution >= 4 is 22.6 Å². The van der Waals surface area contributed by atoms with E-state index < -0.39 is 0 Å². The van der Waals surface area contributed by atoms with Gasteiger partial charge in [0.05, 0.1) is 0 Å². The van der Waals surface area contributed by atoms with Crippen LogP contribution in [0.4, 0.5) is 0 Å². The Hall–Kier alpha value is -0.200. The molecule has 0 bridgehead atoms. The van der Waals surface area contributed by atoms with Crippen LogP contribution in [0.15, 0.2) is 18.3 Å². The van der Waals surface area contributed by atoms with Crippen molar-refractivity contribution in [3.63, 3.8) is 0 Å². The lowest BCUT2D eigenvalue weighted by atomic mass is 9.98. The maximum Gasteiger partial charge on any atom is 0.101 e. The van der Waals surface area contributed by atoms with E-state index in [2.05, 4.69) is 44.6 Å². The van der Waals surface area contributed by atoms with Crippen LogP contribution in [0.25, 0.3) is 0 Å². The number of aliphatic hydroxyl groups excluding tert-OH is 1. The Morgan fingerprint density at radius 1 is 1.38 bits per heavy atom. The van der Waals surface area contributed by atoms with Crippen LogP contribution in [-0.4, -0.2) is 34.7 Å². The van der Waals surface area contributed by atoms with E-state index in [0.717, 1.165) is 36.2 Å². The summed E-state index contributed by atoms with van der Waals surface area (Å²) in [5.74, 6) is 0.520. The number of hydrogen-bond acceptors (Lipinski definition) is 3. The molecule has 1 N–H and O–H groups in total. The first-order chi connectivity index (χ1) is 7.78. The second-order valence-electron chi connectivity index (χ2n) is 4.39. The second kappa shape index (κ2) is 5.93. The fraction of sp³-hybridized carbons (Fsp3) is 0.583. The fourth-order valence-corrected chi connectivity index (χ4v) is 2.40. The SMILES string of the molecule is OCC1CCN(Cc2ccc(I)nc2)CC1. The number of aromatic nitrogens is 1. The van der Waals surface area contributed by atoms with E-state index in [1.54, 1.807) is 0 Å². The molecule has 2 rings (SSSR count). The van der Waals surface area contributed by atoms with Gasteiger partial charge in [-0.2, -0.15) is 0 Å². The molecule has 1 aromatic heterocycles. The summed E-state index contributed by atoms with van der Waals surface area (Å²) in [7, 11) is 0. The Kier molecular flexibility index (Phi) is 4.55. The molecule has 0 saturated carbocycles. The van der Waals surface area contributed by atoms with Gasteiger partial charge in [0.15, 0.2) is 0 Å². The third-order valence-corrected chi connectivity index (χ3v) is 3.80. The lowest BCUT2D eigenvalue weighted by Crippen LogP contribution is -2.34. The highest BCUT2D eigenvalue weighted by Crippen LogP contribution is 2.18. The minimum absolute atomic E-state index is 0.346. The van der Waals surface area contributed by atoms with Gasteiger partial charge >= 0.3 is 0 Å². The van der Waals surface area contributed by atoms with Crippen LogP contribution >= 0.6 is 22.6 Å². The summed E-state index contributed by atoms with van der Waals surface area (Å²) in [6.07, 6.45) is 4.20. The van der Waals surface area contributed by atoms with E-state index in [9.17, 15) is 0 Å². The molecule has 0 aliphatic carbocycles. The molecule has 1 aromatic rings. The molecule has 0 spiro atoms. The number of aliphatic hydroxyl groups is 1. The van der Waals surface area contributed by atoms with Crippen molar-refractivity contribution in [3.8, 4) is 0 Å². The Balaban J connectivity index is 1.84. The molecule has 16 heavy (non-hydrogen) atoms. The first-order valence-electron chi connectivity index (χ1n) is 5.71. The van der Waals surface area contributed by atoms with Crippen molar-refractivity contribution in [1.82, 2.24) is 9.88 Å². The standard InChI is InChI=1S/C12H17IN2O/c13-12-2-1-11(7-14-12)8-15-5-3-10(9-16)4-6-15/h1-2,7,10,16H,3-6,8-9H2. The zero-order valence-corrected chi connectivity index (χ0v) is 11.4. The molecule has 4 heteroatoms. The van der Waals surface area contributed by atoms with Crippen LogP contribution < -0.4 is 0 Å². The highest BCUT2D eigenvalue weighted by Gasteiger charge is 2.18. The Morgan fingerprint density at radius 2 is 2.12 bits per heavy atom. The van der Waals surface area contributed by atoms with Crippen LogP contribution in [0.3, 0.4) is 0 Å². The Morgan fingerprint density at radius 3 is 2.69 bits per heavy atom. The number of likely N-dealkylation sites (tertiary alicyclic amines) is 1. The average molecular weight is 332 g/mol. The summed E-state index contributed by atoms with van der Waals surface area (Å²) in [6, 6.07) is 4.20. The second-order valence-corrected chi connectivity index (χ2v) is 5.50. The molecule has 1 aliphatic rings. The number of hydrogen-bond donors (Lipinski definition) is 1. The highest BCUT2D eigenvalue weighted by molar-refractivity contribution is 14.1.